The van der Waals surface area contributed by atoms with Crippen LogP contribution >= 0.6 is 0 Å². The van der Waals surface area contributed by atoms with Gasteiger partial charge in [0.1, 0.15) is 5.75 Å². The van der Waals surface area contributed by atoms with Crippen LogP contribution in [0.1, 0.15) is 31.4 Å². The molecule has 18 heavy (non-hydrogen) atoms. The second-order valence-electron chi connectivity index (χ2n) is 5.27. The highest BCUT2D eigenvalue weighted by molar-refractivity contribution is 5.28. The largest absolute Gasteiger partial charge is 0.497 e. The normalized spacial score (nSPS) is 19.7. The van der Waals surface area contributed by atoms with Gasteiger partial charge in [0.05, 0.1) is 13.2 Å². The molecule has 100 valence electrons. The molecule has 1 atom stereocenters. The molecule has 1 heterocycles. The Hall–Kier alpha value is -1.06. The summed E-state index contributed by atoms with van der Waals surface area (Å²) in [7, 11) is 1.65. The number of β-amino-alcohol motifs (C(OH)–C–C–N with tert-alkyl or cyclic N) is 1. The number of likely N-dealkylation sites (tertiary alicyclic amines) is 1. The van der Waals surface area contributed by atoms with Crippen LogP contribution in [0.15, 0.2) is 24.3 Å². The fourth-order valence-corrected chi connectivity index (χ4v) is 2.42. The number of aliphatic hydroxyl groups excluding tert-OH is 1. The average Bonchev–Trinajstić information content (AvgIpc) is 2.41. The van der Waals surface area contributed by atoms with E-state index in [2.05, 4.69) is 11.8 Å². The summed E-state index contributed by atoms with van der Waals surface area (Å²) in [6.45, 7) is 5.25. The van der Waals surface area contributed by atoms with Gasteiger partial charge in [-0.1, -0.05) is 19.1 Å². The number of hydrogen-bond donors (Lipinski definition) is 1. The molecular weight excluding hydrogens is 226 g/mol. The first-order chi connectivity index (χ1) is 8.69. The van der Waals surface area contributed by atoms with Gasteiger partial charge >= 0.3 is 0 Å². The molecule has 1 N–H and O–H groups in total. The van der Waals surface area contributed by atoms with Gasteiger partial charge in [-0.3, -0.25) is 0 Å². The maximum absolute atomic E-state index is 10.2. The van der Waals surface area contributed by atoms with Crippen LogP contribution in [0.5, 0.6) is 5.75 Å². The molecule has 1 unspecified atom stereocenters. The summed E-state index contributed by atoms with van der Waals surface area (Å²) in [5, 5.41) is 10.2. The fraction of sp³-hybridized carbons (Fsp3) is 0.600. The summed E-state index contributed by atoms with van der Waals surface area (Å²) < 4.78 is 5.12. The highest BCUT2D eigenvalue weighted by Crippen LogP contribution is 2.21. The van der Waals surface area contributed by atoms with E-state index < -0.39 is 6.10 Å². The Morgan fingerprint density at radius 3 is 2.44 bits per heavy atom. The summed E-state index contributed by atoms with van der Waals surface area (Å²) in [4.78, 5) is 2.36. The van der Waals surface area contributed by atoms with Crippen LogP contribution in [0.3, 0.4) is 0 Å². The zero-order valence-corrected chi connectivity index (χ0v) is 11.3. The molecule has 3 nitrogen and oxygen atoms in total. The van der Waals surface area contributed by atoms with Gasteiger partial charge in [-0.25, -0.2) is 0 Å². The molecular formula is C15H23NO2. The van der Waals surface area contributed by atoms with Crippen LogP contribution in [-0.4, -0.2) is 36.8 Å². The summed E-state index contributed by atoms with van der Waals surface area (Å²) in [6.07, 6.45) is 2.09. The van der Waals surface area contributed by atoms with Gasteiger partial charge in [0, 0.05) is 6.54 Å². The van der Waals surface area contributed by atoms with Crippen molar-refractivity contribution in [2.24, 2.45) is 5.92 Å². The van der Waals surface area contributed by atoms with Crippen molar-refractivity contribution in [1.29, 1.82) is 0 Å². The Morgan fingerprint density at radius 2 is 1.89 bits per heavy atom. The fourth-order valence-electron chi connectivity index (χ4n) is 2.42. The molecule has 2 rings (SSSR count). The van der Waals surface area contributed by atoms with E-state index in [0.29, 0.717) is 0 Å². The molecule has 0 amide bonds. The first-order valence-electron chi connectivity index (χ1n) is 6.73. The van der Waals surface area contributed by atoms with Gasteiger partial charge in [0.2, 0.25) is 0 Å². The number of benzene rings is 1. The van der Waals surface area contributed by atoms with E-state index >= 15 is 0 Å². The van der Waals surface area contributed by atoms with Gasteiger partial charge in [-0.2, -0.15) is 0 Å². The van der Waals surface area contributed by atoms with Gasteiger partial charge in [0.15, 0.2) is 0 Å². The predicted octanol–water partition coefficient (Wildman–Crippen LogP) is 2.46. The third-order valence-electron chi connectivity index (χ3n) is 3.81. The zero-order chi connectivity index (χ0) is 13.0. The van der Waals surface area contributed by atoms with Crippen molar-refractivity contribution in [2.45, 2.75) is 25.9 Å². The summed E-state index contributed by atoms with van der Waals surface area (Å²) in [5.41, 5.74) is 0.967. The molecule has 1 aliphatic rings. The van der Waals surface area contributed by atoms with Gasteiger partial charge in [0.25, 0.3) is 0 Å². The van der Waals surface area contributed by atoms with E-state index in [0.717, 1.165) is 36.9 Å². The highest BCUT2D eigenvalue weighted by atomic mass is 16.5. The SMILES string of the molecule is COc1ccc(C(O)CN2CCC(C)CC2)cc1. The molecule has 1 saturated heterocycles. The lowest BCUT2D eigenvalue weighted by molar-refractivity contribution is 0.0916. The van der Waals surface area contributed by atoms with E-state index in [4.69, 9.17) is 4.74 Å². The van der Waals surface area contributed by atoms with Gasteiger partial charge in [-0.05, 0) is 49.5 Å². The highest BCUT2D eigenvalue weighted by Gasteiger charge is 2.18. The maximum atomic E-state index is 10.2. The Bertz CT molecular complexity index is 355. The smallest absolute Gasteiger partial charge is 0.118 e. The molecule has 0 saturated carbocycles. The van der Waals surface area contributed by atoms with Crippen molar-refractivity contribution in [3.63, 3.8) is 0 Å². The van der Waals surface area contributed by atoms with Crippen LogP contribution in [0, 0.1) is 5.92 Å². The monoisotopic (exact) mass is 249 g/mol. The Balaban J connectivity index is 1.88. The molecule has 1 aromatic rings. The topological polar surface area (TPSA) is 32.7 Å². The molecule has 0 bridgehead atoms. The van der Waals surface area contributed by atoms with Gasteiger partial charge < -0.3 is 14.7 Å². The minimum Gasteiger partial charge on any atom is -0.497 e. The van der Waals surface area contributed by atoms with E-state index in [1.807, 2.05) is 24.3 Å². The maximum Gasteiger partial charge on any atom is 0.118 e. The Morgan fingerprint density at radius 1 is 1.28 bits per heavy atom. The van der Waals surface area contributed by atoms with Crippen molar-refractivity contribution >= 4 is 0 Å². The minimum atomic E-state index is -0.399. The molecule has 1 aliphatic heterocycles. The first-order valence-corrected chi connectivity index (χ1v) is 6.73. The van der Waals surface area contributed by atoms with Crippen LogP contribution in [0.25, 0.3) is 0 Å². The number of nitrogens with zero attached hydrogens (tertiary/aromatic N) is 1. The number of methoxy groups -OCH3 is 1. The summed E-state index contributed by atoms with van der Waals surface area (Å²) in [5.74, 6) is 1.66. The Labute approximate surface area is 109 Å². The lowest BCUT2D eigenvalue weighted by Gasteiger charge is -2.31. The lowest BCUT2D eigenvalue weighted by atomic mass is 9.98. The van der Waals surface area contributed by atoms with Crippen LogP contribution < -0.4 is 4.74 Å². The number of ether oxygens (including phenoxy) is 1. The first kappa shape index (κ1) is 13.4. The number of rotatable bonds is 4. The van der Waals surface area contributed by atoms with E-state index in [-0.39, 0.29) is 0 Å². The molecule has 3 heteroatoms. The summed E-state index contributed by atoms with van der Waals surface area (Å²) in [6, 6.07) is 7.68. The summed E-state index contributed by atoms with van der Waals surface area (Å²) >= 11 is 0. The third kappa shape index (κ3) is 3.47. The van der Waals surface area contributed by atoms with Gasteiger partial charge in [-0.15, -0.1) is 0 Å². The molecule has 0 spiro atoms. The second-order valence-corrected chi connectivity index (χ2v) is 5.27. The minimum absolute atomic E-state index is 0.399. The standard InChI is InChI=1S/C15H23NO2/c1-12-7-9-16(10-8-12)11-15(17)13-3-5-14(18-2)6-4-13/h3-6,12,15,17H,7-11H2,1-2H3. The predicted molar refractivity (Wildman–Crippen MR) is 72.8 cm³/mol. The Kier molecular flexibility index (Phi) is 4.61. The van der Waals surface area contributed by atoms with Crippen molar-refractivity contribution in [3.8, 4) is 5.75 Å². The number of hydrogen-bond acceptors (Lipinski definition) is 3. The van der Waals surface area contributed by atoms with Crippen molar-refractivity contribution in [1.82, 2.24) is 4.90 Å². The number of piperidine rings is 1. The van der Waals surface area contributed by atoms with E-state index in [1.165, 1.54) is 12.8 Å². The lowest BCUT2D eigenvalue weighted by Crippen LogP contribution is -2.35. The van der Waals surface area contributed by atoms with E-state index in [9.17, 15) is 5.11 Å². The zero-order valence-electron chi connectivity index (χ0n) is 11.3. The van der Waals surface area contributed by atoms with Crippen LogP contribution in [0.4, 0.5) is 0 Å². The molecule has 1 fully saturated rings. The van der Waals surface area contributed by atoms with Crippen molar-refractivity contribution < 1.29 is 9.84 Å². The van der Waals surface area contributed by atoms with Crippen LogP contribution in [0.2, 0.25) is 0 Å². The third-order valence-corrected chi connectivity index (χ3v) is 3.81. The molecule has 0 aromatic heterocycles. The number of aliphatic hydroxyl groups is 1. The van der Waals surface area contributed by atoms with E-state index in [1.54, 1.807) is 7.11 Å². The second kappa shape index (κ2) is 6.21. The van der Waals surface area contributed by atoms with Crippen molar-refractivity contribution in [2.75, 3.05) is 26.7 Å². The average molecular weight is 249 g/mol. The van der Waals surface area contributed by atoms with Crippen LogP contribution in [-0.2, 0) is 0 Å². The molecule has 1 aromatic carbocycles. The van der Waals surface area contributed by atoms with Crippen molar-refractivity contribution in [3.05, 3.63) is 29.8 Å². The molecule has 0 radical (unpaired) electrons. The molecule has 0 aliphatic carbocycles. The quantitative estimate of drug-likeness (QED) is 0.889.